The van der Waals surface area contributed by atoms with E-state index in [0.717, 1.165) is 11.1 Å². The number of halogens is 2. The van der Waals surface area contributed by atoms with Gasteiger partial charge in [-0.15, -0.1) is 11.8 Å². The van der Waals surface area contributed by atoms with Crippen molar-refractivity contribution in [3.63, 3.8) is 0 Å². The van der Waals surface area contributed by atoms with Crippen molar-refractivity contribution in [2.45, 2.75) is 51.6 Å². The van der Waals surface area contributed by atoms with Gasteiger partial charge in [0, 0.05) is 27.9 Å². The predicted octanol–water partition coefficient (Wildman–Crippen LogP) is 5.56. The van der Waals surface area contributed by atoms with E-state index in [1.807, 2.05) is 63.2 Å². The molecule has 0 unspecified atom stereocenters. The predicted molar refractivity (Wildman–Crippen MR) is 127 cm³/mol. The van der Waals surface area contributed by atoms with Gasteiger partial charge >= 0.3 is 0 Å². The van der Waals surface area contributed by atoms with Gasteiger partial charge in [0.25, 0.3) is 0 Å². The van der Waals surface area contributed by atoms with Crippen LogP contribution in [0.2, 0.25) is 10.0 Å². The van der Waals surface area contributed by atoms with Gasteiger partial charge in [0.2, 0.25) is 11.8 Å². The molecule has 2 aromatic rings. The Morgan fingerprint density at radius 1 is 1.10 bits per heavy atom. The first kappa shape index (κ1) is 24.6. The highest BCUT2D eigenvalue weighted by atomic mass is 35.5. The Balaban J connectivity index is 2.11. The zero-order chi connectivity index (χ0) is 22.3. The van der Waals surface area contributed by atoms with Gasteiger partial charge in [0.05, 0.1) is 5.75 Å². The van der Waals surface area contributed by atoms with Crippen molar-refractivity contribution in [3.05, 3.63) is 69.7 Å². The summed E-state index contributed by atoms with van der Waals surface area (Å²) in [6.45, 7) is 7.81. The monoisotopic (exact) mass is 466 g/mol. The second-order valence-electron chi connectivity index (χ2n) is 8.15. The Labute approximate surface area is 193 Å². The summed E-state index contributed by atoms with van der Waals surface area (Å²) in [5.74, 6) is 0.579. The summed E-state index contributed by atoms with van der Waals surface area (Å²) in [6, 6.07) is 14.3. The minimum atomic E-state index is -0.614. The zero-order valence-corrected chi connectivity index (χ0v) is 20.1. The number of hydrogen-bond donors (Lipinski definition) is 1. The van der Waals surface area contributed by atoms with E-state index in [1.54, 1.807) is 17.9 Å². The molecule has 4 nitrogen and oxygen atoms in total. The van der Waals surface area contributed by atoms with Gasteiger partial charge in [0.1, 0.15) is 6.04 Å². The van der Waals surface area contributed by atoms with E-state index in [1.165, 1.54) is 11.8 Å². The van der Waals surface area contributed by atoms with Crippen molar-refractivity contribution in [2.75, 3.05) is 5.75 Å². The van der Waals surface area contributed by atoms with Crippen LogP contribution in [0.25, 0.3) is 0 Å². The summed E-state index contributed by atoms with van der Waals surface area (Å²) < 4.78 is 0. The smallest absolute Gasteiger partial charge is 0.242 e. The number of nitrogens with zero attached hydrogens (tertiary/aromatic N) is 1. The number of benzene rings is 2. The molecule has 7 heteroatoms. The molecule has 0 aliphatic rings. The van der Waals surface area contributed by atoms with Crippen molar-refractivity contribution >= 4 is 46.8 Å². The number of hydrogen-bond acceptors (Lipinski definition) is 3. The van der Waals surface area contributed by atoms with E-state index in [4.69, 9.17) is 23.2 Å². The topological polar surface area (TPSA) is 49.4 Å². The van der Waals surface area contributed by atoms with Crippen LogP contribution in [0.1, 0.15) is 38.8 Å². The van der Waals surface area contributed by atoms with Crippen LogP contribution >= 0.6 is 35.0 Å². The van der Waals surface area contributed by atoms with Crippen LogP contribution in [0, 0.1) is 0 Å². The largest absolute Gasteiger partial charge is 0.350 e. The molecule has 0 fully saturated rings. The molecule has 2 amide bonds. The maximum absolute atomic E-state index is 13.1. The lowest BCUT2D eigenvalue weighted by Gasteiger charge is -2.31. The van der Waals surface area contributed by atoms with Gasteiger partial charge in [-0.05, 0) is 57.0 Å². The third-order valence-electron chi connectivity index (χ3n) is 4.35. The van der Waals surface area contributed by atoms with Crippen LogP contribution in [0.5, 0.6) is 0 Å². The fourth-order valence-corrected chi connectivity index (χ4v) is 4.24. The van der Waals surface area contributed by atoms with Gasteiger partial charge in [-0.1, -0.05) is 53.5 Å². The Bertz CT molecular complexity index is 884. The van der Waals surface area contributed by atoms with Crippen molar-refractivity contribution in [3.8, 4) is 0 Å². The van der Waals surface area contributed by atoms with E-state index in [-0.39, 0.29) is 23.1 Å². The number of nitrogens with one attached hydrogen (secondary N) is 1. The summed E-state index contributed by atoms with van der Waals surface area (Å²) in [5.41, 5.74) is 1.48. The van der Waals surface area contributed by atoms with Gasteiger partial charge in [-0.2, -0.15) is 0 Å². The average molecular weight is 467 g/mol. The molecular weight excluding hydrogens is 439 g/mol. The normalized spacial score (nSPS) is 12.3. The van der Waals surface area contributed by atoms with Crippen LogP contribution < -0.4 is 5.32 Å². The van der Waals surface area contributed by atoms with Crippen LogP contribution in [-0.4, -0.2) is 34.0 Å². The molecule has 0 bridgehead atoms. The molecule has 0 aromatic heterocycles. The van der Waals surface area contributed by atoms with E-state index < -0.39 is 6.04 Å². The summed E-state index contributed by atoms with van der Waals surface area (Å²) >= 11 is 13.8. The summed E-state index contributed by atoms with van der Waals surface area (Å²) in [4.78, 5) is 27.4. The van der Waals surface area contributed by atoms with E-state index in [2.05, 4.69) is 5.32 Å². The quantitative estimate of drug-likeness (QED) is 0.553. The number of rotatable bonds is 8. The number of amides is 2. The third-order valence-corrected chi connectivity index (χ3v) is 5.92. The van der Waals surface area contributed by atoms with E-state index >= 15 is 0 Å². The van der Waals surface area contributed by atoms with Crippen molar-refractivity contribution in [1.82, 2.24) is 10.2 Å². The molecule has 0 saturated carbocycles. The molecule has 2 aromatic carbocycles. The molecule has 0 aliphatic heterocycles. The number of carbonyl (C=O) groups is 2. The second-order valence-corrected chi connectivity index (χ2v) is 9.98. The third kappa shape index (κ3) is 7.86. The van der Waals surface area contributed by atoms with E-state index in [9.17, 15) is 9.59 Å². The van der Waals surface area contributed by atoms with Gasteiger partial charge in [-0.25, -0.2) is 0 Å². The second kappa shape index (κ2) is 11.1. The highest BCUT2D eigenvalue weighted by molar-refractivity contribution is 7.99. The van der Waals surface area contributed by atoms with Crippen molar-refractivity contribution in [2.24, 2.45) is 0 Å². The Morgan fingerprint density at radius 3 is 2.43 bits per heavy atom. The first-order valence-electron chi connectivity index (χ1n) is 9.74. The molecule has 2 rings (SSSR count). The first-order valence-corrected chi connectivity index (χ1v) is 11.6. The molecular formula is C23H28Cl2N2O2S. The molecule has 1 N–H and O–H groups in total. The first-order chi connectivity index (χ1) is 14.1. The maximum Gasteiger partial charge on any atom is 0.242 e. The summed E-state index contributed by atoms with van der Waals surface area (Å²) in [6.07, 6.45) is 0. The molecule has 1 atom stereocenters. The minimum absolute atomic E-state index is 0.108. The van der Waals surface area contributed by atoms with Crippen LogP contribution in [0.4, 0.5) is 0 Å². The number of carbonyl (C=O) groups excluding carboxylic acids is 2. The zero-order valence-electron chi connectivity index (χ0n) is 17.7. The molecule has 0 aliphatic carbocycles. The van der Waals surface area contributed by atoms with Crippen LogP contribution in [-0.2, 0) is 21.9 Å². The highest BCUT2D eigenvalue weighted by Gasteiger charge is 2.28. The fraction of sp³-hybridized carbons (Fsp3) is 0.391. The van der Waals surface area contributed by atoms with Gasteiger partial charge in [-0.3, -0.25) is 9.59 Å². The highest BCUT2D eigenvalue weighted by Crippen LogP contribution is 2.22. The summed E-state index contributed by atoms with van der Waals surface area (Å²) in [5, 5.41) is 4.24. The Hall–Kier alpha value is -1.69. The fourth-order valence-electron chi connectivity index (χ4n) is 2.84. The minimum Gasteiger partial charge on any atom is -0.350 e. The molecule has 0 spiro atoms. The van der Waals surface area contributed by atoms with Gasteiger partial charge < -0.3 is 10.2 Å². The molecule has 0 heterocycles. The molecule has 0 saturated heterocycles. The Kier molecular flexibility index (Phi) is 9.08. The molecule has 30 heavy (non-hydrogen) atoms. The SMILES string of the molecule is C[C@H](C(=O)NC(C)(C)C)N(Cc1cccc(Cl)c1)C(=O)CSCc1ccccc1Cl. The van der Waals surface area contributed by atoms with Gasteiger partial charge in [0.15, 0.2) is 0 Å². The molecule has 162 valence electrons. The Morgan fingerprint density at radius 2 is 1.80 bits per heavy atom. The van der Waals surface area contributed by atoms with E-state index in [0.29, 0.717) is 22.3 Å². The standard InChI is InChI=1S/C23H28Cl2N2O2S/c1-16(22(29)26-23(2,3)4)27(13-17-8-7-10-19(24)12-17)21(28)15-30-14-18-9-5-6-11-20(18)25/h5-12,16H,13-15H2,1-4H3,(H,26,29)/t16-/m1/s1. The van der Waals surface area contributed by atoms with Crippen molar-refractivity contribution in [1.29, 1.82) is 0 Å². The van der Waals surface area contributed by atoms with Crippen molar-refractivity contribution < 1.29 is 9.59 Å². The molecule has 0 radical (unpaired) electrons. The lowest BCUT2D eigenvalue weighted by atomic mass is 10.1. The average Bonchev–Trinajstić information content (AvgIpc) is 2.65. The lowest BCUT2D eigenvalue weighted by Crippen LogP contribution is -2.52. The lowest BCUT2D eigenvalue weighted by molar-refractivity contribution is -0.139. The maximum atomic E-state index is 13.1. The number of thioether (sulfide) groups is 1. The van der Waals surface area contributed by atoms with Crippen LogP contribution in [0.3, 0.4) is 0 Å². The van der Waals surface area contributed by atoms with Crippen LogP contribution in [0.15, 0.2) is 48.5 Å². The summed E-state index contributed by atoms with van der Waals surface area (Å²) in [7, 11) is 0.